The van der Waals surface area contributed by atoms with Gasteiger partial charge in [-0.15, -0.1) is 0 Å². The van der Waals surface area contributed by atoms with E-state index in [2.05, 4.69) is 4.98 Å². The van der Waals surface area contributed by atoms with Gasteiger partial charge in [-0.1, -0.05) is 72.3 Å². The quantitative estimate of drug-likeness (QED) is 0.254. The largest absolute Gasteiger partial charge is 0.352 e. The van der Waals surface area contributed by atoms with Crippen molar-refractivity contribution in [2.75, 3.05) is 4.90 Å². The number of halogens is 1. The second-order valence-corrected chi connectivity index (χ2v) is 10.4. The highest BCUT2D eigenvalue weighted by molar-refractivity contribution is 6.32. The Kier molecular flexibility index (Phi) is 5.04. The summed E-state index contributed by atoms with van der Waals surface area (Å²) in [4.78, 5) is 49.7. The second kappa shape index (κ2) is 8.40. The van der Waals surface area contributed by atoms with E-state index in [0.29, 0.717) is 33.5 Å². The molecule has 5 nitrogen and oxygen atoms in total. The van der Waals surface area contributed by atoms with Crippen LogP contribution in [0.3, 0.4) is 0 Å². The van der Waals surface area contributed by atoms with Crippen molar-refractivity contribution in [3.8, 4) is 0 Å². The number of carbonyl (C=O) groups excluding carboxylic acids is 3. The zero-order valence-corrected chi connectivity index (χ0v) is 21.0. The first-order valence-electron chi connectivity index (χ1n) is 12.9. The van der Waals surface area contributed by atoms with E-state index in [4.69, 9.17) is 0 Å². The molecule has 3 aromatic carbocycles. The number of nitrogens with zero attached hydrogens (tertiary/aromatic N) is 2. The SMILES string of the molecule is Cc1ccc(C(=O)[C@@H]2[C@H](c3cccnc3)C3(C(=O)c4ccccc4C3=O)[C@H]3C=Cc4cc(F)ccc4N23)cc1. The summed E-state index contributed by atoms with van der Waals surface area (Å²) in [6.07, 6.45) is 6.80. The fourth-order valence-electron chi connectivity index (χ4n) is 6.77. The van der Waals surface area contributed by atoms with Crippen LogP contribution in [0.5, 0.6) is 0 Å². The predicted molar refractivity (Wildman–Crippen MR) is 146 cm³/mol. The predicted octanol–water partition coefficient (Wildman–Crippen LogP) is 5.85. The van der Waals surface area contributed by atoms with E-state index < -0.39 is 29.2 Å². The van der Waals surface area contributed by atoms with Gasteiger partial charge in [0.05, 0.1) is 6.04 Å². The maximum Gasteiger partial charge on any atom is 0.185 e. The molecule has 1 fully saturated rings. The molecule has 0 radical (unpaired) electrons. The Balaban J connectivity index is 1.54. The van der Waals surface area contributed by atoms with Crippen LogP contribution in [0.1, 0.15) is 53.7 Å². The monoisotopic (exact) mass is 514 g/mol. The van der Waals surface area contributed by atoms with Gasteiger partial charge in [-0.25, -0.2) is 4.39 Å². The molecule has 7 rings (SSSR count). The number of aromatic nitrogens is 1. The third-order valence-electron chi connectivity index (χ3n) is 8.41. The van der Waals surface area contributed by atoms with Crippen molar-refractivity contribution < 1.29 is 18.8 Å². The molecule has 1 aromatic heterocycles. The highest BCUT2D eigenvalue weighted by Gasteiger charge is 2.71. The molecule has 6 heteroatoms. The number of Topliss-reactive ketones (excluding diaryl/α,β-unsaturated/α-hetero) is 3. The normalized spacial score (nSPS) is 22.1. The number of ketones is 3. The Hall–Kier alpha value is -4.71. The highest BCUT2D eigenvalue weighted by Crippen LogP contribution is 2.60. The van der Waals surface area contributed by atoms with Gasteiger partial charge in [0.15, 0.2) is 17.3 Å². The lowest BCUT2D eigenvalue weighted by molar-refractivity contribution is 0.0666. The molecule has 0 amide bonds. The van der Waals surface area contributed by atoms with Gasteiger partial charge >= 0.3 is 0 Å². The lowest BCUT2D eigenvalue weighted by Gasteiger charge is -2.37. The molecule has 0 N–H and O–H groups in total. The molecule has 39 heavy (non-hydrogen) atoms. The number of benzene rings is 3. The molecule has 3 aliphatic rings. The summed E-state index contributed by atoms with van der Waals surface area (Å²) in [7, 11) is 0. The number of aryl methyl sites for hydroxylation is 1. The number of hydrogen-bond donors (Lipinski definition) is 0. The van der Waals surface area contributed by atoms with Crippen molar-refractivity contribution in [1.82, 2.24) is 4.98 Å². The molecule has 0 bridgehead atoms. The topological polar surface area (TPSA) is 67.3 Å². The van der Waals surface area contributed by atoms with E-state index in [-0.39, 0.29) is 17.3 Å². The van der Waals surface area contributed by atoms with Crippen LogP contribution in [0.25, 0.3) is 6.08 Å². The maximum absolute atomic E-state index is 14.5. The van der Waals surface area contributed by atoms with E-state index in [9.17, 15) is 18.8 Å². The minimum absolute atomic E-state index is 0.215. The Morgan fingerprint density at radius 1 is 0.923 bits per heavy atom. The molecule has 1 saturated heterocycles. The van der Waals surface area contributed by atoms with E-state index in [1.807, 2.05) is 30.0 Å². The van der Waals surface area contributed by atoms with Crippen molar-refractivity contribution in [1.29, 1.82) is 0 Å². The number of rotatable bonds is 3. The van der Waals surface area contributed by atoms with Crippen LogP contribution in [0.15, 0.2) is 97.3 Å². The van der Waals surface area contributed by atoms with Gasteiger partial charge in [-0.3, -0.25) is 19.4 Å². The van der Waals surface area contributed by atoms with Crippen molar-refractivity contribution in [2.45, 2.75) is 24.9 Å². The second-order valence-electron chi connectivity index (χ2n) is 10.4. The standard InChI is InChI=1S/C33H23FN2O3/c1-19-8-10-20(11-9-19)30(37)29-28(22-5-4-16-35-18-22)33(31(38)24-6-2-3-7-25(24)32(33)39)27-15-12-21-17-23(34)13-14-26(21)36(27)29/h2-18,27-29H,1H3/t27-,28+,29+/m1/s1. The molecular formula is C33H23FN2O3. The van der Waals surface area contributed by atoms with Gasteiger partial charge in [0.2, 0.25) is 0 Å². The fraction of sp³-hybridized carbons (Fsp3) is 0.152. The Morgan fingerprint density at radius 3 is 2.31 bits per heavy atom. The third kappa shape index (κ3) is 3.12. The van der Waals surface area contributed by atoms with Gasteiger partial charge < -0.3 is 4.90 Å². The van der Waals surface area contributed by atoms with Gasteiger partial charge in [0.1, 0.15) is 17.3 Å². The molecule has 190 valence electrons. The summed E-state index contributed by atoms with van der Waals surface area (Å²) in [6.45, 7) is 1.95. The molecule has 3 heterocycles. The first-order valence-corrected chi connectivity index (χ1v) is 12.9. The van der Waals surface area contributed by atoms with Gasteiger partial charge in [-0.2, -0.15) is 0 Å². The van der Waals surface area contributed by atoms with Crippen molar-refractivity contribution in [3.05, 3.63) is 137 Å². The van der Waals surface area contributed by atoms with Gasteiger partial charge in [0.25, 0.3) is 0 Å². The van der Waals surface area contributed by atoms with Crippen molar-refractivity contribution in [3.63, 3.8) is 0 Å². The van der Waals surface area contributed by atoms with Crippen molar-refractivity contribution >= 4 is 29.1 Å². The van der Waals surface area contributed by atoms with E-state index >= 15 is 0 Å². The summed E-state index contributed by atoms with van der Waals surface area (Å²) in [6, 6.07) is 20.4. The van der Waals surface area contributed by atoms with Crippen LogP contribution in [-0.4, -0.2) is 34.4 Å². The molecule has 0 saturated carbocycles. The van der Waals surface area contributed by atoms with E-state index in [1.54, 1.807) is 73.1 Å². The smallest absolute Gasteiger partial charge is 0.185 e. The zero-order valence-electron chi connectivity index (χ0n) is 21.0. The molecule has 2 aliphatic heterocycles. The lowest BCUT2D eigenvalue weighted by Crippen LogP contribution is -2.48. The summed E-state index contributed by atoms with van der Waals surface area (Å²) in [5, 5.41) is 0. The van der Waals surface area contributed by atoms with Gasteiger partial charge in [0, 0.05) is 46.3 Å². The molecule has 1 spiro atoms. The van der Waals surface area contributed by atoms with Crippen LogP contribution in [0, 0.1) is 18.2 Å². The first kappa shape index (κ1) is 23.4. The Bertz CT molecular complexity index is 1680. The molecule has 0 unspecified atom stereocenters. The number of anilines is 1. The van der Waals surface area contributed by atoms with Crippen LogP contribution >= 0.6 is 0 Å². The lowest BCUT2D eigenvalue weighted by atomic mass is 9.64. The number of pyridine rings is 1. The molecule has 1 aliphatic carbocycles. The summed E-state index contributed by atoms with van der Waals surface area (Å²) in [5.74, 6) is -2.06. The van der Waals surface area contributed by atoms with Crippen LogP contribution in [0.4, 0.5) is 10.1 Å². The number of fused-ring (bicyclic) bond motifs is 5. The van der Waals surface area contributed by atoms with E-state index in [0.717, 1.165) is 5.56 Å². The maximum atomic E-state index is 14.5. The van der Waals surface area contributed by atoms with Crippen LogP contribution in [0.2, 0.25) is 0 Å². The minimum Gasteiger partial charge on any atom is -0.352 e. The molecule has 4 aromatic rings. The van der Waals surface area contributed by atoms with Crippen LogP contribution in [-0.2, 0) is 0 Å². The fourth-order valence-corrected chi connectivity index (χ4v) is 6.77. The Labute approximate surface area is 224 Å². The number of carbonyl (C=O) groups is 3. The van der Waals surface area contributed by atoms with E-state index in [1.165, 1.54) is 12.1 Å². The summed E-state index contributed by atoms with van der Waals surface area (Å²) in [5.41, 5.74) is 2.43. The van der Waals surface area contributed by atoms with Crippen molar-refractivity contribution in [2.24, 2.45) is 5.41 Å². The highest BCUT2D eigenvalue weighted by atomic mass is 19.1. The summed E-state index contributed by atoms with van der Waals surface area (Å²) < 4.78 is 14.3. The molecule has 3 atom stereocenters. The third-order valence-corrected chi connectivity index (χ3v) is 8.41. The average molecular weight is 515 g/mol. The molecular weight excluding hydrogens is 491 g/mol. The van der Waals surface area contributed by atoms with Gasteiger partial charge in [-0.05, 0) is 36.8 Å². The van der Waals surface area contributed by atoms with Crippen LogP contribution < -0.4 is 4.90 Å². The minimum atomic E-state index is -1.60. The zero-order chi connectivity index (χ0) is 26.9. The Morgan fingerprint density at radius 2 is 1.64 bits per heavy atom. The first-order chi connectivity index (χ1) is 18.9. The average Bonchev–Trinajstić information content (AvgIpc) is 3.39. The number of hydrogen-bond acceptors (Lipinski definition) is 5. The summed E-state index contributed by atoms with van der Waals surface area (Å²) >= 11 is 0.